The monoisotopic (exact) mass is 430 g/mol. The molecule has 6 rings (SSSR count). The van der Waals surface area contributed by atoms with E-state index in [0.717, 1.165) is 39.0 Å². The van der Waals surface area contributed by atoms with Gasteiger partial charge in [0.1, 0.15) is 0 Å². The Morgan fingerprint density at radius 1 is 0.485 bits per heavy atom. The van der Waals surface area contributed by atoms with E-state index in [9.17, 15) is 0 Å². The summed E-state index contributed by atoms with van der Waals surface area (Å²) in [5.74, 6) is 0. The van der Waals surface area contributed by atoms with Crippen LogP contribution >= 0.6 is 0 Å². The molecule has 1 spiro atoms. The summed E-state index contributed by atoms with van der Waals surface area (Å²) in [4.78, 5) is 5.26. The van der Waals surface area contributed by atoms with E-state index >= 15 is 0 Å². The molecule has 0 bridgehead atoms. The molecule has 2 heteroatoms. The topological polar surface area (TPSA) is 6.48 Å². The predicted molar refractivity (Wildman–Crippen MR) is 138 cm³/mol. The number of rotatable bonds is 4. The van der Waals surface area contributed by atoms with E-state index in [0.29, 0.717) is 0 Å². The predicted octanol–water partition coefficient (Wildman–Crippen LogP) is 6.50. The summed E-state index contributed by atoms with van der Waals surface area (Å²) in [5, 5.41) is 0. The summed E-state index contributed by atoms with van der Waals surface area (Å²) in [6.45, 7) is 4.08. The second-order valence-corrected chi connectivity index (χ2v) is 9.79. The normalized spacial score (nSPS) is 16.4. The molecule has 0 N–H and O–H groups in total. The lowest BCUT2D eigenvalue weighted by Crippen LogP contribution is -2.53. The minimum Gasteiger partial charge on any atom is -0.366 e. The zero-order valence-electron chi connectivity index (χ0n) is 19.0. The maximum absolute atomic E-state index is 2.63. The molecule has 0 saturated heterocycles. The third-order valence-electron chi connectivity index (χ3n) is 7.28. The van der Waals surface area contributed by atoms with Crippen LogP contribution in [0.3, 0.4) is 0 Å². The van der Waals surface area contributed by atoms with Crippen LogP contribution in [0, 0.1) is 5.41 Å². The molecule has 0 atom stereocenters. The molecule has 164 valence electrons. The van der Waals surface area contributed by atoms with Crippen LogP contribution in [0.2, 0.25) is 0 Å². The molecular formula is C31H30N2. The molecule has 4 aromatic rings. The largest absolute Gasteiger partial charge is 0.366 e. The van der Waals surface area contributed by atoms with Gasteiger partial charge in [0.2, 0.25) is 0 Å². The maximum Gasteiger partial charge on any atom is 0.0429 e. The highest BCUT2D eigenvalue weighted by Gasteiger charge is 2.42. The third kappa shape index (κ3) is 4.02. The third-order valence-corrected chi connectivity index (χ3v) is 7.28. The highest BCUT2D eigenvalue weighted by Crippen LogP contribution is 2.45. The van der Waals surface area contributed by atoms with Gasteiger partial charge < -0.3 is 9.80 Å². The molecule has 0 unspecified atom stereocenters. The van der Waals surface area contributed by atoms with Gasteiger partial charge in [-0.2, -0.15) is 0 Å². The molecule has 4 aromatic carbocycles. The Hall–Kier alpha value is -3.52. The summed E-state index contributed by atoms with van der Waals surface area (Å²) in [6.07, 6.45) is 2.27. The highest BCUT2D eigenvalue weighted by molar-refractivity contribution is 5.61. The molecule has 2 nitrogen and oxygen atoms in total. The van der Waals surface area contributed by atoms with Crippen molar-refractivity contribution < 1.29 is 0 Å². The van der Waals surface area contributed by atoms with E-state index in [1.165, 1.54) is 33.6 Å². The van der Waals surface area contributed by atoms with Crippen molar-refractivity contribution in [3.63, 3.8) is 0 Å². The minimum atomic E-state index is 0.201. The van der Waals surface area contributed by atoms with E-state index in [1.807, 2.05) is 0 Å². The number of hydrogen-bond acceptors (Lipinski definition) is 2. The van der Waals surface area contributed by atoms with Crippen molar-refractivity contribution >= 4 is 11.4 Å². The quantitative estimate of drug-likeness (QED) is 0.365. The number of fused-ring (bicyclic) bond motifs is 2. The van der Waals surface area contributed by atoms with Crippen molar-refractivity contribution in [3.8, 4) is 0 Å². The average Bonchev–Trinajstić information content (AvgIpc) is 2.85. The fraction of sp³-hybridized carbons (Fsp3) is 0.226. The van der Waals surface area contributed by atoms with Crippen LogP contribution < -0.4 is 9.80 Å². The number of nitrogens with zero attached hydrogens (tertiary/aromatic N) is 2. The first-order chi connectivity index (χ1) is 16.3. The molecule has 0 saturated carbocycles. The van der Waals surface area contributed by atoms with Crippen molar-refractivity contribution in [2.75, 3.05) is 22.9 Å². The second-order valence-electron chi connectivity index (χ2n) is 9.79. The fourth-order valence-corrected chi connectivity index (χ4v) is 5.95. The van der Waals surface area contributed by atoms with Gasteiger partial charge in [0, 0.05) is 43.0 Å². The zero-order chi connectivity index (χ0) is 22.1. The second kappa shape index (κ2) is 8.44. The lowest BCUT2D eigenvalue weighted by atomic mass is 9.70. The van der Waals surface area contributed by atoms with Gasteiger partial charge in [0.05, 0.1) is 0 Å². The molecular weight excluding hydrogens is 400 g/mol. The van der Waals surface area contributed by atoms with Crippen molar-refractivity contribution in [1.29, 1.82) is 0 Å². The van der Waals surface area contributed by atoms with E-state index in [2.05, 4.69) is 119 Å². The minimum absolute atomic E-state index is 0.201. The molecule has 0 radical (unpaired) electrons. The van der Waals surface area contributed by atoms with Crippen LogP contribution in [0.1, 0.15) is 22.3 Å². The van der Waals surface area contributed by atoms with Crippen LogP contribution in [0.5, 0.6) is 0 Å². The van der Waals surface area contributed by atoms with E-state index in [-0.39, 0.29) is 5.41 Å². The van der Waals surface area contributed by atoms with Gasteiger partial charge in [-0.3, -0.25) is 0 Å². The van der Waals surface area contributed by atoms with Crippen LogP contribution in [0.25, 0.3) is 0 Å². The first-order valence-corrected chi connectivity index (χ1v) is 12.0. The Bertz CT molecular complexity index is 1130. The van der Waals surface area contributed by atoms with Crippen molar-refractivity contribution in [1.82, 2.24) is 0 Å². The molecule has 2 aliphatic rings. The van der Waals surface area contributed by atoms with Crippen molar-refractivity contribution in [2.45, 2.75) is 25.9 Å². The molecule has 2 heterocycles. The van der Waals surface area contributed by atoms with Crippen molar-refractivity contribution in [3.05, 3.63) is 131 Å². The molecule has 2 aliphatic heterocycles. The Labute approximate surface area is 197 Å². The summed E-state index contributed by atoms with van der Waals surface area (Å²) in [7, 11) is 0. The fourth-order valence-electron chi connectivity index (χ4n) is 5.95. The summed E-state index contributed by atoms with van der Waals surface area (Å²) in [6, 6.07) is 39.9. The standard InChI is InChI=1S/C31H30N2/c1-3-11-25(12-4-1)21-32-23-31(19-27-15-7-9-17-29(27)32)20-28-16-8-10-18-30(28)33(24-31)22-26-13-5-2-6-14-26/h1-18H,19-24H2. The Balaban J connectivity index is 1.37. The van der Waals surface area contributed by atoms with Crippen LogP contribution in [0.15, 0.2) is 109 Å². The van der Waals surface area contributed by atoms with E-state index in [4.69, 9.17) is 0 Å². The van der Waals surface area contributed by atoms with Gasteiger partial charge in [0.25, 0.3) is 0 Å². The van der Waals surface area contributed by atoms with Crippen LogP contribution in [-0.2, 0) is 25.9 Å². The first-order valence-electron chi connectivity index (χ1n) is 12.0. The molecule has 0 fully saturated rings. The summed E-state index contributed by atoms with van der Waals surface area (Å²) >= 11 is 0. The van der Waals surface area contributed by atoms with Gasteiger partial charge in [-0.05, 0) is 47.2 Å². The van der Waals surface area contributed by atoms with Gasteiger partial charge in [-0.15, -0.1) is 0 Å². The Kier molecular flexibility index (Phi) is 5.14. The first kappa shape index (κ1) is 20.1. The number of benzene rings is 4. The smallest absolute Gasteiger partial charge is 0.0429 e. The number of hydrogen-bond donors (Lipinski definition) is 0. The Morgan fingerprint density at radius 3 is 1.33 bits per heavy atom. The zero-order valence-corrected chi connectivity index (χ0v) is 19.0. The average molecular weight is 431 g/mol. The van der Waals surface area contributed by atoms with E-state index < -0.39 is 0 Å². The van der Waals surface area contributed by atoms with Gasteiger partial charge in [0.15, 0.2) is 0 Å². The maximum atomic E-state index is 2.63. The summed E-state index contributed by atoms with van der Waals surface area (Å²) < 4.78 is 0. The van der Waals surface area contributed by atoms with Gasteiger partial charge in [-0.25, -0.2) is 0 Å². The SMILES string of the molecule is c1ccc(CN2CC3(Cc4ccccc42)Cc2ccccc2N(Cc2ccccc2)C3)cc1. The van der Waals surface area contributed by atoms with Crippen LogP contribution in [0.4, 0.5) is 11.4 Å². The molecule has 0 aliphatic carbocycles. The molecule has 33 heavy (non-hydrogen) atoms. The lowest BCUT2D eigenvalue weighted by Gasteiger charge is -2.50. The highest BCUT2D eigenvalue weighted by atomic mass is 15.2. The summed E-state index contributed by atoms with van der Waals surface area (Å²) in [5.41, 5.74) is 8.73. The van der Waals surface area contributed by atoms with E-state index in [1.54, 1.807) is 0 Å². The molecule has 0 amide bonds. The molecule has 0 aromatic heterocycles. The van der Waals surface area contributed by atoms with Crippen LogP contribution in [-0.4, -0.2) is 13.1 Å². The van der Waals surface area contributed by atoms with Gasteiger partial charge >= 0.3 is 0 Å². The number of anilines is 2. The Morgan fingerprint density at radius 2 is 0.879 bits per heavy atom. The number of para-hydroxylation sites is 2. The van der Waals surface area contributed by atoms with Crippen molar-refractivity contribution in [2.24, 2.45) is 5.41 Å². The lowest BCUT2D eigenvalue weighted by molar-refractivity contribution is 0.263. The van der Waals surface area contributed by atoms with Gasteiger partial charge in [-0.1, -0.05) is 97.1 Å².